The van der Waals surface area contributed by atoms with Crippen LogP contribution in [0.3, 0.4) is 0 Å². The summed E-state index contributed by atoms with van der Waals surface area (Å²) in [7, 11) is 4.30. The summed E-state index contributed by atoms with van der Waals surface area (Å²) in [6.07, 6.45) is 2.48. The molecule has 1 aliphatic carbocycles. The fraction of sp³-hybridized carbons (Fsp3) is 0.500. The Bertz CT molecular complexity index is 695. The summed E-state index contributed by atoms with van der Waals surface area (Å²) in [6, 6.07) is 2.90. The minimum atomic E-state index is -0.995. The molecule has 9 nitrogen and oxygen atoms in total. The first-order valence-corrected chi connectivity index (χ1v) is 8.55. The van der Waals surface area contributed by atoms with Gasteiger partial charge in [0, 0.05) is 5.56 Å². The van der Waals surface area contributed by atoms with Crippen molar-refractivity contribution in [1.29, 1.82) is 0 Å². The monoisotopic (exact) mass is 380 g/mol. The number of nitrogens with one attached hydrogen (secondary N) is 2. The van der Waals surface area contributed by atoms with Crippen molar-refractivity contribution < 1.29 is 33.7 Å². The van der Waals surface area contributed by atoms with Gasteiger partial charge in [-0.3, -0.25) is 25.2 Å². The highest BCUT2D eigenvalue weighted by atomic mass is 16.5. The van der Waals surface area contributed by atoms with E-state index in [4.69, 9.17) is 14.2 Å². The molecule has 0 heterocycles. The van der Waals surface area contributed by atoms with Gasteiger partial charge in [0.2, 0.25) is 11.7 Å². The van der Waals surface area contributed by atoms with Crippen LogP contribution in [0.2, 0.25) is 0 Å². The smallest absolute Gasteiger partial charge is 0.307 e. The number of carbonyl (C=O) groups excluding carboxylic acids is 2. The predicted octanol–water partition coefficient (Wildman–Crippen LogP) is 1.36. The summed E-state index contributed by atoms with van der Waals surface area (Å²) >= 11 is 0. The van der Waals surface area contributed by atoms with Gasteiger partial charge < -0.3 is 19.3 Å². The van der Waals surface area contributed by atoms with E-state index in [2.05, 4.69) is 10.9 Å². The molecule has 0 radical (unpaired) electrons. The third-order valence-corrected chi connectivity index (χ3v) is 4.65. The van der Waals surface area contributed by atoms with E-state index >= 15 is 0 Å². The molecule has 1 unspecified atom stereocenters. The number of hydrogen-bond donors (Lipinski definition) is 3. The van der Waals surface area contributed by atoms with Gasteiger partial charge in [0.15, 0.2) is 11.5 Å². The fourth-order valence-corrected chi connectivity index (χ4v) is 3.24. The Morgan fingerprint density at radius 3 is 1.96 bits per heavy atom. The number of aliphatic carboxylic acids is 1. The van der Waals surface area contributed by atoms with E-state index in [1.807, 2.05) is 0 Å². The zero-order valence-corrected chi connectivity index (χ0v) is 15.5. The van der Waals surface area contributed by atoms with E-state index < -0.39 is 29.6 Å². The van der Waals surface area contributed by atoms with E-state index in [1.54, 1.807) is 0 Å². The van der Waals surface area contributed by atoms with Crippen molar-refractivity contribution in [2.45, 2.75) is 25.7 Å². The van der Waals surface area contributed by atoms with Crippen molar-refractivity contribution in [2.75, 3.05) is 21.3 Å². The van der Waals surface area contributed by atoms with Crippen molar-refractivity contribution in [1.82, 2.24) is 10.9 Å². The molecule has 0 aliphatic heterocycles. The number of methoxy groups -OCH3 is 3. The maximum atomic E-state index is 12.4. The standard InChI is InChI=1S/C18H24N2O7/c1-25-13-8-10(9-14(26-2)15(13)27-3)16(21)19-20-17(22)11-6-4-5-7-12(11)18(23)24/h8-9,11-12H,4-7H2,1-3H3,(H,19,21)(H,20,22)(H,23,24)/t11?,12-/m0/s1. The largest absolute Gasteiger partial charge is 0.493 e. The van der Waals surface area contributed by atoms with Gasteiger partial charge in [0.25, 0.3) is 5.91 Å². The number of amides is 2. The van der Waals surface area contributed by atoms with E-state index in [1.165, 1.54) is 33.5 Å². The first-order valence-electron chi connectivity index (χ1n) is 8.55. The molecule has 2 atom stereocenters. The molecular formula is C18H24N2O7. The molecule has 9 heteroatoms. The zero-order chi connectivity index (χ0) is 20.0. The zero-order valence-electron chi connectivity index (χ0n) is 15.5. The number of hydrogen-bond acceptors (Lipinski definition) is 6. The van der Waals surface area contributed by atoms with Crippen molar-refractivity contribution >= 4 is 17.8 Å². The molecule has 0 spiro atoms. The van der Waals surface area contributed by atoms with Gasteiger partial charge in [-0.15, -0.1) is 0 Å². The predicted molar refractivity (Wildman–Crippen MR) is 94.8 cm³/mol. The lowest BCUT2D eigenvalue weighted by Crippen LogP contribution is -2.47. The van der Waals surface area contributed by atoms with Crippen molar-refractivity contribution in [3.63, 3.8) is 0 Å². The topological polar surface area (TPSA) is 123 Å². The average Bonchev–Trinajstić information content (AvgIpc) is 2.70. The Kier molecular flexibility index (Phi) is 6.86. The molecule has 148 valence electrons. The van der Waals surface area contributed by atoms with Crippen LogP contribution in [0.15, 0.2) is 12.1 Å². The quantitative estimate of drug-likeness (QED) is 0.637. The van der Waals surface area contributed by atoms with E-state index in [0.717, 1.165) is 12.8 Å². The number of benzene rings is 1. The molecular weight excluding hydrogens is 356 g/mol. The summed E-state index contributed by atoms with van der Waals surface area (Å²) in [4.78, 5) is 36.0. The average molecular weight is 380 g/mol. The minimum absolute atomic E-state index is 0.184. The summed E-state index contributed by atoms with van der Waals surface area (Å²) in [6.45, 7) is 0. The Hall–Kier alpha value is -2.97. The highest BCUT2D eigenvalue weighted by molar-refractivity contribution is 5.97. The molecule has 0 saturated heterocycles. The molecule has 1 saturated carbocycles. The number of rotatable bonds is 6. The van der Waals surface area contributed by atoms with Crippen molar-refractivity contribution in [3.05, 3.63) is 17.7 Å². The van der Waals surface area contributed by atoms with Gasteiger partial charge in [-0.2, -0.15) is 0 Å². The molecule has 2 rings (SSSR count). The van der Waals surface area contributed by atoms with Gasteiger partial charge in [-0.25, -0.2) is 0 Å². The molecule has 1 aliphatic rings. The summed E-state index contributed by atoms with van der Waals surface area (Å²) in [5.74, 6) is -2.57. The second-order valence-electron chi connectivity index (χ2n) is 6.19. The molecule has 0 aromatic heterocycles. The summed E-state index contributed by atoms with van der Waals surface area (Å²) < 4.78 is 15.6. The van der Waals surface area contributed by atoms with Crippen molar-refractivity contribution in [3.8, 4) is 17.2 Å². The highest BCUT2D eigenvalue weighted by Crippen LogP contribution is 2.38. The third-order valence-electron chi connectivity index (χ3n) is 4.65. The van der Waals surface area contributed by atoms with Crippen LogP contribution in [-0.2, 0) is 9.59 Å². The SMILES string of the molecule is COc1cc(C(=O)NNC(=O)C2CCCC[C@@H]2C(=O)O)cc(OC)c1OC. The molecule has 3 N–H and O–H groups in total. The van der Waals surface area contributed by atoms with Crippen LogP contribution in [0.1, 0.15) is 36.0 Å². The normalized spacial score (nSPS) is 18.9. The van der Waals surface area contributed by atoms with Crippen LogP contribution in [0, 0.1) is 11.8 Å². The summed E-state index contributed by atoms with van der Waals surface area (Å²) in [5, 5.41) is 9.27. The second-order valence-corrected chi connectivity index (χ2v) is 6.19. The van der Waals surface area contributed by atoms with Gasteiger partial charge in [-0.05, 0) is 25.0 Å². The molecule has 27 heavy (non-hydrogen) atoms. The first-order chi connectivity index (χ1) is 12.9. The van der Waals surface area contributed by atoms with Crippen LogP contribution in [0.25, 0.3) is 0 Å². The molecule has 1 fully saturated rings. The maximum absolute atomic E-state index is 12.4. The fourth-order valence-electron chi connectivity index (χ4n) is 3.24. The number of carbonyl (C=O) groups is 3. The van der Waals surface area contributed by atoms with Crippen LogP contribution in [-0.4, -0.2) is 44.2 Å². The van der Waals surface area contributed by atoms with Crippen LogP contribution < -0.4 is 25.1 Å². The molecule has 1 aromatic rings. The third kappa shape index (κ3) is 4.60. The number of ether oxygens (including phenoxy) is 3. The second kappa shape index (κ2) is 9.11. The van der Waals surface area contributed by atoms with Gasteiger partial charge >= 0.3 is 5.97 Å². The Morgan fingerprint density at radius 2 is 1.48 bits per heavy atom. The van der Waals surface area contributed by atoms with E-state index in [0.29, 0.717) is 30.1 Å². The van der Waals surface area contributed by atoms with E-state index in [9.17, 15) is 19.5 Å². The Morgan fingerprint density at radius 1 is 0.926 bits per heavy atom. The number of hydrazine groups is 1. The van der Waals surface area contributed by atoms with Gasteiger partial charge in [0.05, 0.1) is 33.2 Å². The molecule has 1 aromatic carbocycles. The number of carboxylic acid groups (broad SMARTS) is 1. The molecule has 2 amide bonds. The van der Waals surface area contributed by atoms with Gasteiger partial charge in [0.1, 0.15) is 0 Å². The lowest BCUT2D eigenvalue weighted by Gasteiger charge is -2.27. The van der Waals surface area contributed by atoms with Crippen LogP contribution in [0.5, 0.6) is 17.2 Å². The molecule has 0 bridgehead atoms. The first kappa shape index (κ1) is 20.3. The Balaban J connectivity index is 2.09. The number of carboxylic acids is 1. The lowest BCUT2D eigenvalue weighted by molar-refractivity contribution is -0.149. The van der Waals surface area contributed by atoms with Gasteiger partial charge in [-0.1, -0.05) is 12.8 Å². The summed E-state index contributed by atoms with van der Waals surface area (Å²) in [5.41, 5.74) is 4.82. The maximum Gasteiger partial charge on any atom is 0.307 e. The van der Waals surface area contributed by atoms with Crippen molar-refractivity contribution in [2.24, 2.45) is 11.8 Å². The highest BCUT2D eigenvalue weighted by Gasteiger charge is 2.35. The lowest BCUT2D eigenvalue weighted by atomic mass is 9.79. The minimum Gasteiger partial charge on any atom is -0.493 e. The van der Waals surface area contributed by atoms with E-state index in [-0.39, 0.29) is 5.56 Å². The van der Waals surface area contributed by atoms with Crippen LogP contribution in [0.4, 0.5) is 0 Å². The Labute approximate surface area is 156 Å². The van der Waals surface area contributed by atoms with Crippen LogP contribution >= 0.6 is 0 Å².